The van der Waals surface area contributed by atoms with Crippen molar-refractivity contribution in [2.24, 2.45) is 0 Å². The van der Waals surface area contributed by atoms with Crippen LogP contribution in [0.2, 0.25) is 0 Å². The summed E-state index contributed by atoms with van der Waals surface area (Å²) in [4.78, 5) is 0. The fraction of sp³-hybridized carbons (Fsp3) is 0.235. The molecule has 0 saturated heterocycles. The van der Waals surface area contributed by atoms with Crippen LogP contribution in [0, 0.1) is 11.3 Å². The van der Waals surface area contributed by atoms with Gasteiger partial charge in [-0.15, -0.1) is 10.2 Å². The van der Waals surface area contributed by atoms with Crippen LogP contribution >= 0.6 is 0 Å². The Morgan fingerprint density at radius 3 is 2.81 bits per heavy atom. The maximum atomic E-state index is 9.06. The zero-order valence-electron chi connectivity index (χ0n) is 11.5. The largest absolute Gasteiger partial charge is 0.285 e. The highest BCUT2D eigenvalue weighted by atomic mass is 15.2. The summed E-state index contributed by atoms with van der Waals surface area (Å²) < 4.78 is 1.97. The number of benzene rings is 1. The van der Waals surface area contributed by atoms with Gasteiger partial charge in [-0.25, -0.2) is 0 Å². The molecule has 21 heavy (non-hydrogen) atoms. The zero-order chi connectivity index (χ0) is 14.2. The van der Waals surface area contributed by atoms with Gasteiger partial charge >= 0.3 is 0 Å². The Balaban J connectivity index is 1.76. The first kappa shape index (κ1) is 12.1. The van der Waals surface area contributed by atoms with Crippen molar-refractivity contribution < 1.29 is 0 Å². The fourth-order valence-corrected chi connectivity index (χ4v) is 3.17. The summed E-state index contributed by atoms with van der Waals surface area (Å²) in [6.07, 6.45) is 4.99. The van der Waals surface area contributed by atoms with Gasteiger partial charge in [0.25, 0.3) is 0 Å². The molecule has 0 aliphatic heterocycles. The lowest BCUT2D eigenvalue weighted by molar-refractivity contribution is 0.550. The number of hydrogen-bond donors (Lipinski definition) is 0. The smallest absolute Gasteiger partial charge is 0.160 e. The van der Waals surface area contributed by atoms with Gasteiger partial charge in [-0.05, 0) is 42.5 Å². The molecular weight excluding hydrogens is 260 g/mol. The molecule has 1 aromatic carbocycles. The first-order chi connectivity index (χ1) is 10.3. The van der Waals surface area contributed by atoms with E-state index in [9.17, 15) is 0 Å². The van der Waals surface area contributed by atoms with E-state index in [1.165, 1.54) is 11.1 Å². The Morgan fingerprint density at radius 2 is 1.95 bits per heavy atom. The predicted octanol–water partition coefficient (Wildman–Crippen LogP) is 2.87. The number of pyridine rings is 1. The second kappa shape index (κ2) is 4.71. The van der Waals surface area contributed by atoms with Crippen molar-refractivity contribution in [3.05, 3.63) is 65.1 Å². The molecule has 4 nitrogen and oxygen atoms in total. The van der Waals surface area contributed by atoms with Crippen molar-refractivity contribution in [2.75, 3.05) is 0 Å². The highest BCUT2D eigenvalue weighted by Gasteiger charge is 2.23. The Kier molecular flexibility index (Phi) is 2.71. The predicted molar refractivity (Wildman–Crippen MR) is 78.9 cm³/mol. The molecule has 2 heterocycles. The van der Waals surface area contributed by atoms with E-state index in [0.29, 0.717) is 11.5 Å². The number of nitrogens with zero attached hydrogens (tertiary/aromatic N) is 4. The lowest BCUT2D eigenvalue weighted by atomic mass is 9.83. The highest BCUT2D eigenvalue weighted by molar-refractivity contribution is 5.43. The second-order valence-corrected chi connectivity index (χ2v) is 5.52. The van der Waals surface area contributed by atoms with E-state index in [0.717, 1.165) is 30.7 Å². The second-order valence-electron chi connectivity index (χ2n) is 5.52. The van der Waals surface area contributed by atoms with E-state index in [1.807, 2.05) is 16.7 Å². The van der Waals surface area contributed by atoms with Gasteiger partial charge in [-0.2, -0.15) is 5.26 Å². The van der Waals surface area contributed by atoms with Gasteiger partial charge in [0.15, 0.2) is 5.65 Å². The minimum absolute atomic E-state index is 0.365. The van der Waals surface area contributed by atoms with Crippen molar-refractivity contribution in [1.82, 2.24) is 14.6 Å². The molecule has 102 valence electrons. The molecule has 0 spiro atoms. The maximum absolute atomic E-state index is 9.06. The van der Waals surface area contributed by atoms with Crippen LogP contribution in [0.5, 0.6) is 0 Å². The molecule has 0 fully saturated rings. The monoisotopic (exact) mass is 274 g/mol. The molecule has 0 saturated carbocycles. The summed E-state index contributed by atoms with van der Waals surface area (Å²) in [6, 6.07) is 14.4. The van der Waals surface area contributed by atoms with E-state index in [4.69, 9.17) is 5.26 Å². The van der Waals surface area contributed by atoms with Gasteiger partial charge in [0.2, 0.25) is 0 Å². The van der Waals surface area contributed by atoms with Crippen molar-refractivity contribution in [3.8, 4) is 6.07 Å². The molecule has 0 N–H and O–H groups in total. The van der Waals surface area contributed by atoms with Crippen molar-refractivity contribution >= 4 is 5.65 Å². The van der Waals surface area contributed by atoms with Crippen molar-refractivity contribution in [1.29, 1.82) is 5.26 Å². The third-order valence-corrected chi connectivity index (χ3v) is 4.27. The number of aromatic nitrogens is 3. The number of nitriles is 1. The number of aryl methyl sites for hydroxylation is 1. The number of fused-ring (bicyclic) bond motifs is 2. The van der Waals surface area contributed by atoms with Gasteiger partial charge in [0.1, 0.15) is 11.9 Å². The maximum Gasteiger partial charge on any atom is 0.160 e. The van der Waals surface area contributed by atoms with Gasteiger partial charge < -0.3 is 0 Å². The third kappa shape index (κ3) is 1.98. The van der Waals surface area contributed by atoms with Crippen LogP contribution in [-0.2, 0) is 12.8 Å². The van der Waals surface area contributed by atoms with Crippen LogP contribution < -0.4 is 0 Å². The number of rotatable bonds is 1. The summed E-state index contributed by atoms with van der Waals surface area (Å²) in [7, 11) is 0. The van der Waals surface area contributed by atoms with Crippen molar-refractivity contribution in [2.45, 2.75) is 25.2 Å². The fourth-order valence-electron chi connectivity index (χ4n) is 3.17. The molecule has 0 bridgehead atoms. The lowest BCUT2D eigenvalue weighted by Gasteiger charge is -2.23. The molecule has 4 rings (SSSR count). The minimum atomic E-state index is 0.365. The van der Waals surface area contributed by atoms with Crippen LogP contribution in [-0.4, -0.2) is 14.6 Å². The van der Waals surface area contributed by atoms with Crippen LogP contribution in [0.4, 0.5) is 0 Å². The van der Waals surface area contributed by atoms with Gasteiger partial charge in [-0.3, -0.25) is 4.40 Å². The van der Waals surface area contributed by atoms with Crippen LogP contribution in [0.3, 0.4) is 0 Å². The molecule has 1 unspecified atom stereocenters. The molecular formula is C17H14N4. The highest BCUT2D eigenvalue weighted by Crippen LogP contribution is 2.31. The average molecular weight is 274 g/mol. The molecule has 1 atom stereocenters. The van der Waals surface area contributed by atoms with Crippen LogP contribution in [0.25, 0.3) is 5.65 Å². The molecule has 4 heteroatoms. The average Bonchev–Trinajstić information content (AvgIpc) is 2.97. The normalized spacial score (nSPS) is 17.4. The Bertz CT molecular complexity index is 857. The molecule has 1 aliphatic carbocycles. The first-order valence-corrected chi connectivity index (χ1v) is 7.17. The molecule has 0 radical (unpaired) electrons. The molecule has 0 amide bonds. The summed E-state index contributed by atoms with van der Waals surface area (Å²) in [5.41, 5.74) is 4.30. The first-order valence-electron chi connectivity index (χ1n) is 7.17. The van der Waals surface area contributed by atoms with E-state index in [1.54, 1.807) is 6.07 Å². The Morgan fingerprint density at radius 1 is 1.10 bits per heavy atom. The number of hydrogen-bond acceptors (Lipinski definition) is 3. The summed E-state index contributed by atoms with van der Waals surface area (Å²) in [5.74, 6) is 1.33. The van der Waals surface area contributed by atoms with Gasteiger partial charge in [0, 0.05) is 12.1 Å². The van der Waals surface area contributed by atoms with E-state index < -0.39 is 0 Å². The Labute approximate surface area is 122 Å². The van der Waals surface area contributed by atoms with E-state index in [2.05, 4.69) is 40.5 Å². The van der Waals surface area contributed by atoms with E-state index in [-0.39, 0.29) is 0 Å². The summed E-state index contributed by atoms with van der Waals surface area (Å²) in [6.45, 7) is 0. The molecule has 2 aromatic heterocycles. The SMILES string of the molecule is N#Cc1ccc2nnc(C3CCc4ccccc4C3)n2c1. The summed E-state index contributed by atoms with van der Waals surface area (Å²) in [5, 5.41) is 17.7. The standard InChI is InChI=1S/C17H14N4/c18-10-12-5-8-16-19-20-17(21(16)11-12)15-7-6-13-3-1-2-4-14(13)9-15/h1-5,8,11,15H,6-7,9H2. The topological polar surface area (TPSA) is 54.0 Å². The lowest BCUT2D eigenvalue weighted by Crippen LogP contribution is -2.15. The molecule has 3 aromatic rings. The van der Waals surface area contributed by atoms with Gasteiger partial charge in [-0.1, -0.05) is 24.3 Å². The Hall–Kier alpha value is -2.67. The van der Waals surface area contributed by atoms with Crippen LogP contribution in [0.15, 0.2) is 42.6 Å². The van der Waals surface area contributed by atoms with Crippen LogP contribution in [0.1, 0.15) is 34.9 Å². The van der Waals surface area contributed by atoms with Gasteiger partial charge in [0.05, 0.1) is 5.56 Å². The summed E-state index contributed by atoms with van der Waals surface area (Å²) >= 11 is 0. The van der Waals surface area contributed by atoms with E-state index >= 15 is 0 Å². The minimum Gasteiger partial charge on any atom is -0.285 e. The third-order valence-electron chi connectivity index (χ3n) is 4.27. The van der Waals surface area contributed by atoms with Crippen molar-refractivity contribution in [3.63, 3.8) is 0 Å². The zero-order valence-corrected chi connectivity index (χ0v) is 11.5. The molecule has 1 aliphatic rings. The quantitative estimate of drug-likeness (QED) is 0.685.